The number of anilines is 1. The van der Waals surface area contributed by atoms with Crippen molar-refractivity contribution in [2.75, 3.05) is 5.32 Å². The first-order valence-corrected chi connectivity index (χ1v) is 6.34. The van der Waals surface area contributed by atoms with E-state index in [1.807, 2.05) is 0 Å². The Kier molecular flexibility index (Phi) is 4.16. The molecule has 92 valence electrons. The number of halogens is 3. The maximum Gasteiger partial charge on any atom is 0.258 e. The van der Waals surface area contributed by atoms with Crippen LogP contribution in [0, 0.1) is 0 Å². The van der Waals surface area contributed by atoms with Gasteiger partial charge in [-0.3, -0.25) is 9.78 Å². The highest BCUT2D eigenvalue weighted by atomic mass is 79.9. The number of aromatic nitrogens is 2. The van der Waals surface area contributed by atoms with Crippen molar-refractivity contribution in [2.24, 2.45) is 0 Å². The van der Waals surface area contributed by atoms with Crippen LogP contribution in [0.5, 0.6) is 0 Å². The predicted octanol–water partition coefficient (Wildman–Crippen LogP) is 3.80. The Bertz CT molecular complexity index is 607. The Morgan fingerprint density at radius 3 is 2.83 bits per heavy atom. The van der Waals surface area contributed by atoms with Gasteiger partial charge >= 0.3 is 0 Å². The third kappa shape index (κ3) is 2.98. The van der Waals surface area contributed by atoms with Crippen molar-refractivity contribution in [3.05, 3.63) is 50.9 Å². The zero-order chi connectivity index (χ0) is 13.1. The molecular weight excluding hydrogens is 341 g/mol. The van der Waals surface area contributed by atoms with Crippen LogP contribution in [0.15, 0.2) is 35.2 Å². The second kappa shape index (κ2) is 5.65. The molecule has 0 unspecified atom stereocenters. The molecule has 0 saturated carbocycles. The Morgan fingerprint density at radius 1 is 1.33 bits per heavy atom. The molecule has 0 aromatic carbocycles. The van der Waals surface area contributed by atoms with Crippen LogP contribution in [-0.4, -0.2) is 15.9 Å². The maximum absolute atomic E-state index is 12.0. The van der Waals surface area contributed by atoms with E-state index in [0.29, 0.717) is 15.2 Å². The number of hydrogen-bond acceptors (Lipinski definition) is 3. The summed E-state index contributed by atoms with van der Waals surface area (Å²) in [6.45, 7) is 0. The van der Waals surface area contributed by atoms with Crippen molar-refractivity contribution in [3.8, 4) is 0 Å². The average Bonchev–Trinajstić information content (AvgIpc) is 2.35. The topological polar surface area (TPSA) is 54.9 Å². The quantitative estimate of drug-likeness (QED) is 0.841. The van der Waals surface area contributed by atoms with Crippen LogP contribution in [0.25, 0.3) is 0 Å². The van der Waals surface area contributed by atoms with E-state index in [4.69, 9.17) is 23.2 Å². The molecule has 0 aliphatic heterocycles. The van der Waals surface area contributed by atoms with Crippen LogP contribution in [0.1, 0.15) is 10.4 Å². The van der Waals surface area contributed by atoms with E-state index in [1.165, 1.54) is 18.6 Å². The largest absolute Gasteiger partial charge is 0.319 e. The molecule has 0 atom stereocenters. The fourth-order valence-corrected chi connectivity index (χ4v) is 1.91. The molecule has 0 aliphatic carbocycles. The lowest BCUT2D eigenvalue weighted by Gasteiger charge is -2.07. The standard InChI is InChI=1S/C11H6BrCl2N3O/c12-6-3-7(10(14)16-4-6)11(18)17-9-5-15-2-1-8(9)13/h1-5H,(H,17,18). The van der Waals surface area contributed by atoms with E-state index in [0.717, 1.165) is 0 Å². The number of pyridine rings is 2. The molecule has 0 bridgehead atoms. The number of hydrogen-bond donors (Lipinski definition) is 1. The minimum absolute atomic E-state index is 0.121. The van der Waals surface area contributed by atoms with Gasteiger partial charge in [0.15, 0.2) is 0 Å². The molecule has 0 radical (unpaired) electrons. The Labute approximate surface area is 121 Å². The van der Waals surface area contributed by atoms with Gasteiger partial charge in [0.1, 0.15) is 5.15 Å². The zero-order valence-electron chi connectivity index (χ0n) is 8.82. The van der Waals surface area contributed by atoms with Crippen molar-refractivity contribution < 1.29 is 4.79 Å². The maximum atomic E-state index is 12.0. The Balaban J connectivity index is 2.28. The summed E-state index contributed by atoms with van der Waals surface area (Å²) in [5.74, 6) is -0.399. The summed E-state index contributed by atoms with van der Waals surface area (Å²) < 4.78 is 0.661. The minimum Gasteiger partial charge on any atom is -0.319 e. The molecular formula is C11H6BrCl2N3O. The predicted molar refractivity (Wildman–Crippen MR) is 74.1 cm³/mol. The minimum atomic E-state index is -0.399. The van der Waals surface area contributed by atoms with E-state index in [1.54, 1.807) is 12.1 Å². The highest BCUT2D eigenvalue weighted by molar-refractivity contribution is 9.10. The van der Waals surface area contributed by atoms with Gasteiger partial charge in [-0.15, -0.1) is 0 Å². The van der Waals surface area contributed by atoms with Gasteiger partial charge in [-0.05, 0) is 28.1 Å². The second-order valence-electron chi connectivity index (χ2n) is 3.30. The van der Waals surface area contributed by atoms with E-state index in [-0.39, 0.29) is 10.7 Å². The molecule has 4 nitrogen and oxygen atoms in total. The normalized spacial score (nSPS) is 10.2. The summed E-state index contributed by atoms with van der Waals surface area (Å²) in [6, 6.07) is 3.16. The van der Waals surface area contributed by atoms with Crippen LogP contribution < -0.4 is 5.32 Å². The van der Waals surface area contributed by atoms with E-state index < -0.39 is 5.91 Å². The van der Waals surface area contributed by atoms with Gasteiger partial charge in [0, 0.05) is 16.9 Å². The molecule has 0 aliphatic rings. The van der Waals surface area contributed by atoms with E-state index in [9.17, 15) is 4.79 Å². The lowest BCUT2D eigenvalue weighted by atomic mass is 10.2. The number of nitrogens with zero attached hydrogens (tertiary/aromatic N) is 2. The van der Waals surface area contributed by atoms with E-state index in [2.05, 4.69) is 31.2 Å². The van der Waals surface area contributed by atoms with Gasteiger partial charge in [0.25, 0.3) is 5.91 Å². The molecule has 0 spiro atoms. The molecule has 1 N–H and O–H groups in total. The van der Waals surface area contributed by atoms with Gasteiger partial charge in [-0.1, -0.05) is 23.2 Å². The first-order chi connectivity index (χ1) is 8.58. The van der Waals surface area contributed by atoms with Crippen molar-refractivity contribution >= 4 is 50.7 Å². The first-order valence-electron chi connectivity index (χ1n) is 4.80. The lowest BCUT2D eigenvalue weighted by Crippen LogP contribution is -2.13. The summed E-state index contributed by atoms with van der Waals surface area (Å²) >= 11 is 15.0. The number of carbonyl (C=O) groups is 1. The SMILES string of the molecule is O=C(Nc1cnccc1Cl)c1cc(Br)cnc1Cl. The Hall–Kier alpha value is -1.17. The van der Waals surface area contributed by atoms with Crippen LogP contribution >= 0.6 is 39.1 Å². The van der Waals surface area contributed by atoms with Gasteiger partial charge in [0.2, 0.25) is 0 Å². The molecule has 0 saturated heterocycles. The molecule has 7 heteroatoms. The fourth-order valence-electron chi connectivity index (χ4n) is 1.24. The van der Waals surface area contributed by atoms with Gasteiger partial charge in [-0.2, -0.15) is 0 Å². The van der Waals surface area contributed by atoms with Crippen LogP contribution in [0.3, 0.4) is 0 Å². The lowest BCUT2D eigenvalue weighted by molar-refractivity contribution is 0.102. The zero-order valence-corrected chi connectivity index (χ0v) is 11.9. The monoisotopic (exact) mass is 345 g/mol. The van der Waals surface area contributed by atoms with Crippen LogP contribution in [0.4, 0.5) is 5.69 Å². The van der Waals surface area contributed by atoms with Crippen LogP contribution in [0.2, 0.25) is 10.2 Å². The highest BCUT2D eigenvalue weighted by Crippen LogP contribution is 2.22. The molecule has 2 heterocycles. The number of rotatable bonds is 2. The van der Waals surface area contributed by atoms with Crippen molar-refractivity contribution in [1.29, 1.82) is 0 Å². The number of carbonyl (C=O) groups excluding carboxylic acids is 1. The van der Waals surface area contributed by atoms with Crippen molar-refractivity contribution in [1.82, 2.24) is 9.97 Å². The number of nitrogens with one attached hydrogen (secondary N) is 1. The highest BCUT2D eigenvalue weighted by Gasteiger charge is 2.13. The summed E-state index contributed by atoms with van der Waals surface area (Å²) in [7, 11) is 0. The summed E-state index contributed by atoms with van der Waals surface area (Å²) in [6.07, 6.45) is 4.50. The fraction of sp³-hybridized carbons (Fsp3) is 0. The van der Waals surface area contributed by atoms with E-state index >= 15 is 0 Å². The van der Waals surface area contributed by atoms with Gasteiger partial charge in [-0.25, -0.2) is 4.98 Å². The smallest absolute Gasteiger partial charge is 0.258 e. The molecule has 2 aromatic rings. The Morgan fingerprint density at radius 2 is 2.11 bits per heavy atom. The summed E-state index contributed by atoms with van der Waals surface area (Å²) in [5, 5.41) is 3.14. The molecule has 1 amide bonds. The number of amides is 1. The third-order valence-corrected chi connectivity index (χ3v) is 3.13. The summed E-state index contributed by atoms with van der Waals surface area (Å²) in [4.78, 5) is 19.7. The molecule has 0 fully saturated rings. The van der Waals surface area contributed by atoms with Crippen molar-refractivity contribution in [3.63, 3.8) is 0 Å². The molecule has 18 heavy (non-hydrogen) atoms. The van der Waals surface area contributed by atoms with Gasteiger partial charge in [0.05, 0.1) is 22.5 Å². The van der Waals surface area contributed by atoms with Crippen LogP contribution in [-0.2, 0) is 0 Å². The second-order valence-corrected chi connectivity index (χ2v) is 4.98. The summed E-state index contributed by atoms with van der Waals surface area (Å²) in [5.41, 5.74) is 0.672. The average molecular weight is 347 g/mol. The molecule has 2 rings (SSSR count). The molecule has 2 aromatic heterocycles. The first kappa shape index (κ1) is 13.3. The van der Waals surface area contributed by atoms with Gasteiger partial charge < -0.3 is 5.32 Å². The third-order valence-electron chi connectivity index (χ3n) is 2.07. The van der Waals surface area contributed by atoms with Crippen molar-refractivity contribution in [2.45, 2.75) is 0 Å².